The summed E-state index contributed by atoms with van der Waals surface area (Å²) < 4.78 is 6.24. The van der Waals surface area contributed by atoms with E-state index in [9.17, 15) is 0 Å². The van der Waals surface area contributed by atoms with Gasteiger partial charge in [-0.1, -0.05) is 0 Å². The Hall–Kier alpha value is 0.309. The molecule has 0 radical (unpaired) electrons. The maximum atomic E-state index is 6.29. The molecule has 1 aromatic rings. The van der Waals surface area contributed by atoms with Gasteiger partial charge < -0.3 is 0 Å². The van der Waals surface area contributed by atoms with E-state index < -0.39 is 18.4 Å². The van der Waals surface area contributed by atoms with Gasteiger partial charge in [-0.15, -0.1) is 0 Å². The first-order valence-corrected chi connectivity index (χ1v) is 16.3. The summed E-state index contributed by atoms with van der Waals surface area (Å²) >= 11 is 4.06. The monoisotopic (exact) mass is 402 g/mol. The van der Waals surface area contributed by atoms with E-state index in [0.29, 0.717) is 0 Å². The van der Waals surface area contributed by atoms with Gasteiger partial charge in [0.15, 0.2) is 0 Å². The van der Waals surface area contributed by atoms with E-state index in [-0.39, 0.29) is 0 Å². The molecule has 0 nitrogen and oxygen atoms in total. The molecule has 0 aliphatic carbocycles. The number of halogens is 1. The van der Waals surface area contributed by atoms with Gasteiger partial charge in [0.05, 0.1) is 0 Å². The quantitative estimate of drug-likeness (QED) is 0.398. The molecule has 0 spiro atoms. The maximum absolute atomic E-state index is 6.29. The molecule has 0 saturated carbocycles. The predicted octanol–water partition coefficient (Wildman–Crippen LogP) is 6.40. The fourth-order valence-corrected chi connectivity index (χ4v) is 19.7. The van der Waals surface area contributed by atoms with E-state index in [1.54, 1.807) is 3.58 Å². The van der Waals surface area contributed by atoms with Crippen LogP contribution in [0.2, 0.25) is 18.3 Å². The molecule has 0 fully saturated rings. The van der Waals surface area contributed by atoms with Crippen molar-refractivity contribution in [2.24, 2.45) is 0 Å². The first kappa shape index (κ1) is 18.4. The Bertz CT molecular complexity index is 354. The molecule has 2 heteroatoms. The van der Waals surface area contributed by atoms with Crippen LogP contribution in [0, 0.1) is 0 Å². The average molecular weight is 402 g/mol. The zero-order valence-electron chi connectivity index (χ0n) is 13.6. The molecular weight excluding hydrogens is 370 g/mol. The second kappa shape index (κ2) is 10.1. The molecule has 0 atom stereocenters. The van der Waals surface area contributed by atoms with Crippen molar-refractivity contribution < 1.29 is 0 Å². The van der Waals surface area contributed by atoms with Gasteiger partial charge in [0, 0.05) is 0 Å². The number of hydrogen-bond acceptors (Lipinski definition) is 0. The van der Waals surface area contributed by atoms with Crippen molar-refractivity contribution in [3.05, 3.63) is 29.3 Å². The molecule has 1 aromatic carbocycles. The van der Waals surface area contributed by atoms with Crippen LogP contribution in [0.25, 0.3) is 0 Å². The predicted molar refractivity (Wildman–Crippen MR) is 96.0 cm³/mol. The van der Waals surface area contributed by atoms with Gasteiger partial charge in [-0.25, -0.2) is 0 Å². The third-order valence-corrected chi connectivity index (χ3v) is 20.3. The second-order valence-electron chi connectivity index (χ2n) is 6.10. The fourth-order valence-electron chi connectivity index (χ4n) is 3.17. The number of rotatable bonds is 10. The first-order chi connectivity index (χ1) is 9.68. The molecular formula is C18H31ClSn. The normalized spacial score (nSPS) is 11.8. The summed E-state index contributed by atoms with van der Waals surface area (Å²) in [5.74, 6) is 0. The fraction of sp³-hybridized carbons (Fsp3) is 0.667. The van der Waals surface area contributed by atoms with Crippen LogP contribution < -0.4 is 3.58 Å². The van der Waals surface area contributed by atoms with E-state index in [1.165, 1.54) is 51.8 Å². The van der Waals surface area contributed by atoms with Crippen LogP contribution >= 0.6 is 11.6 Å². The molecule has 0 aromatic heterocycles. The van der Waals surface area contributed by atoms with Crippen LogP contribution in [-0.2, 0) is 0 Å². The Morgan fingerprint density at radius 2 is 1.35 bits per heavy atom. The molecule has 20 heavy (non-hydrogen) atoms. The molecule has 0 unspecified atom stereocenters. The van der Waals surface area contributed by atoms with Crippen LogP contribution in [0.5, 0.6) is 0 Å². The Morgan fingerprint density at radius 1 is 0.850 bits per heavy atom. The van der Waals surface area contributed by atoms with Crippen LogP contribution in [-0.4, -0.2) is 18.4 Å². The molecule has 1 rings (SSSR count). The molecule has 0 amide bonds. The van der Waals surface area contributed by atoms with Crippen LogP contribution in [0.1, 0.15) is 59.3 Å². The minimum absolute atomic E-state index is 0.938. The van der Waals surface area contributed by atoms with Gasteiger partial charge in [-0.2, -0.15) is 0 Å². The van der Waals surface area contributed by atoms with Crippen molar-refractivity contribution in [1.82, 2.24) is 0 Å². The number of hydrogen-bond donors (Lipinski definition) is 0. The number of benzene rings is 1. The van der Waals surface area contributed by atoms with Gasteiger partial charge in [0.2, 0.25) is 0 Å². The summed E-state index contributed by atoms with van der Waals surface area (Å²) in [4.78, 5) is 0. The SMILES string of the molecule is CCC[CH2][Sn]([CH2]CCC)([CH2]CCC)[c]1cccc(Cl)c1. The summed E-state index contributed by atoms with van der Waals surface area (Å²) in [6.07, 6.45) is 8.23. The van der Waals surface area contributed by atoms with E-state index in [1.807, 2.05) is 6.07 Å². The summed E-state index contributed by atoms with van der Waals surface area (Å²) in [6, 6.07) is 8.90. The van der Waals surface area contributed by atoms with E-state index >= 15 is 0 Å². The van der Waals surface area contributed by atoms with Gasteiger partial charge in [0.25, 0.3) is 0 Å². The molecule has 0 heterocycles. The molecule has 0 bridgehead atoms. The zero-order valence-corrected chi connectivity index (χ0v) is 17.2. The van der Waals surface area contributed by atoms with Gasteiger partial charge in [-0.3, -0.25) is 0 Å². The summed E-state index contributed by atoms with van der Waals surface area (Å²) in [5, 5.41) is 0.938. The third-order valence-electron chi connectivity index (χ3n) is 4.46. The van der Waals surface area contributed by atoms with Crippen LogP contribution in [0.3, 0.4) is 0 Å². The average Bonchev–Trinajstić information content (AvgIpc) is 2.47. The standard InChI is InChI=1S/C6H4Cl.3C4H9.Sn/c7-6-4-2-1-3-5-6;3*1-3-4-2;/h1-2,4-5H;3*1,3-4H2,2H3;. The molecule has 114 valence electrons. The summed E-state index contributed by atoms with van der Waals surface area (Å²) in [5.41, 5.74) is 0. The molecule has 0 aliphatic heterocycles. The van der Waals surface area contributed by atoms with Gasteiger partial charge in [-0.05, 0) is 0 Å². The van der Waals surface area contributed by atoms with Crippen LogP contribution in [0.4, 0.5) is 0 Å². The Labute approximate surface area is 135 Å². The van der Waals surface area contributed by atoms with Crippen molar-refractivity contribution in [3.63, 3.8) is 0 Å². The van der Waals surface area contributed by atoms with Crippen molar-refractivity contribution in [3.8, 4) is 0 Å². The van der Waals surface area contributed by atoms with Crippen LogP contribution in [0.15, 0.2) is 24.3 Å². The zero-order chi connectivity index (χ0) is 14.8. The Balaban J connectivity index is 3.04. The molecule has 0 aliphatic rings. The Morgan fingerprint density at radius 3 is 1.75 bits per heavy atom. The van der Waals surface area contributed by atoms with Crippen molar-refractivity contribution in [2.75, 3.05) is 0 Å². The Kier molecular flexibility index (Phi) is 9.28. The summed E-state index contributed by atoms with van der Waals surface area (Å²) in [7, 11) is 0. The van der Waals surface area contributed by atoms with Crippen molar-refractivity contribution in [1.29, 1.82) is 0 Å². The van der Waals surface area contributed by atoms with Crippen molar-refractivity contribution in [2.45, 2.75) is 72.6 Å². The minimum atomic E-state index is -2.22. The van der Waals surface area contributed by atoms with E-state index in [0.717, 1.165) is 5.02 Å². The molecule has 0 saturated heterocycles. The third kappa shape index (κ3) is 5.60. The van der Waals surface area contributed by atoms with E-state index in [2.05, 4.69) is 39.0 Å². The topological polar surface area (TPSA) is 0 Å². The second-order valence-corrected chi connectivity index (χ2v) is 19.8. The molecule has 0 N–H and O–H groups in total. The van der Waals surface area contributed by atoms with Crippen molar-refractivity contribution >= 4 is 33.6 Å². The van der Waals surface area contributed by atoms with Gasteiger partial charge in [0.1, 0.15) is 0 Å². The summed E-state index contributed by atoms with van der Waals surface area (Å²) in [6.45, 7) is 6.98. The van der Waals surface area contributed by atoms with Gasteiger partial charge >= 0.3 is 135 Å². The first-order valence-electron chi connectivity index (χ1n) is 8.44. The number of unbranched alkanes of at least 4 members (excludes halogenated alkanes) is 3. The van der Waals surface area contributed by atoms with E-state index in [4.69, 9.17) is 11.6 Å².